The summed E-state index contributed by atoms with van der Waals surface area (Å²) in [5.74, 6) is 0.718. The number of benzene rings is 4. The molecule has 0 bridgehead atoms. The molecule has 0 aliphatic carbocycles. The molecule has 0 unspecified atom stereocenters. The largest absolute Gasteiger partial charge is 0.493 e. The Morgan fingerprint density at radius 2 is 1.49 bits per heavy atom. The third-order valence-electron chi connectivity index (χ3n) is 6.62. The number of hydrogen-bond donors (Lipinski definition) is 1. The van der Waals surface area contributed by atoms with Gasteiger partial charge >= 0.3 is 0 Å². The van der Waals surface area contributed by atoms with Gasteiger partial charge in [0.1, 0.15) is 5.75 Å². The summed E-state index contributed by atoms with van der Waals surface area (Å²) >= 11 is 6.49. The molecule has 0 amide bonds. The van der Waals surface area contributed by atoms with Crippen molar-refractivity contribution in [1.29, 1.82) is 5.26 Å². The van der Waals surface area contributed by atoms with Crippen LogP contribution < -0.4 is 4.74 Å². The van der Waals surface area contributed by atoms with Gasteiger partial charge in [-0.05, 0) is 59.2 Å². The molecule has 0 fully saturated rings. The van der Waals surface area contributed by atoms with E-state index in [1.165, 1.54) is 11.1 Å². The predicted octanol–water partition coefficient (Wildman–Crippen LogP) is 6.96. The average Bonchev–Trinajstić information content (AvgIpc) is 3.22. The van der Waals surface area contributed by atoms with Crippen molar-refractivity contribution in [3.63, 3.8) is 0 Å². The van der Waals surface area contributed by atoms with Gasteiger partial charge in [-0.3, -0.25) is 0 Å². The number of halogens is 1. The molecule has 0 radical (unpaired) electrons. The lowest BCUT2D eigenvalue weighted by atomic mass is 9.97. The van der Waals surface area contributed by atoms with Crippen LogP contribution in [0.15, 0.2) is 103 Å². The molecule has 0 aliphatic rings. The topological polar surface area (TPSA) is 58.2 Å². The summed E-state index contributed by atoms with van der Waals surface area (Å²) in [5, 5.41) is 20.9. The van der Waals surface area contributed by atoms with Crippen LogP contribution in [0.5, 0.6) is 5.75 Å². The number of rotatable bonds is 9. The van der Waals surface area contributed by atoms with Crippen LogP contribution in [-0.4, -0.2) is 22.9 Å². The highest BCUT2D eigenvalue weighted by Gasteiger charge is 2.25. The van der Waals surface area contributed by atoms with E-state index in [1.54, 1.807) is 12.1 Å². The van der Waals surface area contributed by atoms with Gasteiger partial charge in [0.2, 0.25) is 0 Å². The standard InChI is InChI=1S/C32H27ClN2O2/c33-26-13-16-30-29(21-26)28(18-20-37-27-14-11-23(22-34)12-15-27)31(17-19-36)35(30)32(24-7-3-1-4-8-24)25-9-5-2-6-10-25/h1-16,21,32,36H,17-20H2. The van der Waals surface area contributed by atoms with E-state index in [-0.39, 0.29) is 12.6 Å². The summed E-state index contributed by atoms with van der Waals surface area (Å²) in [6, 6.07) is 36.1. The maximum atomic E-state index is 10.1. The van der Waals surface area contributed by atoms with Gasteiger partial charge in [-0.15, -0.1) is 0 Å². The fourth-order valence-corrected chi connectivity index (χ4v) is 5.19. The minimum atomic E-state index is -0.0687. The Morgan fingerprint density at radius 1 is 0.838 bits per heavy atom. The van der Waals surface area contributed by atoms with Crippen LogP contribution in [0.3, 0.4) is 0 Å². The van der Waals surface area contributed by atoms with E-state index >= 15 is 0 Å². The summed E-state index contributed by atoms with van der Waals surface area (Å²) in [4.78, 5) is 0. The van der Waals surface area contributed by atoms with Crippen molar-refractivity contribution >= 4 is 22.5 Å². The Hall–Kier alpha value is -4.04. The molecule has 0 saturated carbocycles. The van der Waals surface area contributed by atoms with Crippen molar-refractivity contribution in [3.05, 3.63) is 136 Å². The summed E-state index contributed by atoms with van der Waals surface area (Å²) in [7, 11) is 0. The first-order valence-corrected chi connectivity index (χ1v) is 12.7. The van der Waals surface area contributed by atoms with Crippen LogP contribution in [0, 0.1) is 11.3 Å². The first-order valence-electron chi connectivity index (χ1n) is 12.3. The van der Waals surface area contributed by atoms with E-state index in [1.807, 2.05) is 36.4 Å². The zero-order valence-electron chi connectivity index (χ0n) is 20.3. The van der Waals surface area contributed by atoms with E-state index in [4.69, 9.17) is 21.6 Å². The Morgan fingerprint density at radius 3 is 2.08 bits per heavy atom. The molecular formula is C32H27ClN2O2. The fraction of sp³-hybridized carbons (Fsp3) is 0.156. The number of hydrogen-bond acceptors (Lipinski definition) is 3. The molecule has 37 heavy (non-hydrogen) atoms. The molecule has 0 atom stereocenters. The molecule has 0 saturated heterocycles. The Balaban J connectivity index is 1.62. The van der Waals surface area contributed by atoms with E-state index in [9.17, 15) is 5.11 Å². The molecule has 5 rings (SSSR count). The molecule has 5 aromatic rings. The third kappa shape index (κ3) is 5.24. The minimum Gasteiger partial charge on any atom is -0.493 e. The molecule has 4 aromatic carbocycles. The maximum absolute atomic E-state index is 10.1. The van der Waals surface area contributed by atoms with Gasteiger partial charge in [-0.2, -0.15) is 5.26 Å². The first-order chi connectivity index (χ1) is 18.2. The maximum Gasteiger partial charge on any atom is 0.119 e. The highest BCUT2D eigenvalue weighted by Crippen LogP contribution is 2.37. The zero-order valence-corrected chi connectivity index (χ0v) is 21.1. The molecule has 5 heteroatoms. The lowest BCUT2D eigenvalue weighted by Gasteiger charge is -2.24. The Bertz CT molecular complexity index is 1480. The van der Waals surface area contributed by atoms with Gasteiger partial charge in [0, 0.05) is 41.1 Å². The number of fused-ring (bicyclic) bond motifs is 1. The molecule has 1 N–H and O–H groups in total. The summed E-state index contributed by atoms with van der Waals surface area (Å²) in [5.41, 5.74) is 6.19. The van der Waals surface area contributed by atoms with Gasteiger partial charge in [0.15, 0.2) is 0 Å². The molecule has 0 spiro atoms. The van der Waals surface area contributed by atoms with E-state index in [0.29, 0.717) is 30.0 Å². The second-order valence-corrected chi connectivity index (χ2v) is 9.33. The van der Waals surface area contributed by atoms with Crippen LogP contribution >= 0.6 is 11.6 Å². The number of aliphatic hydroxyl groups is 1. The molecule has 184 valence electrons. The van der Waals surface area contributed by atoms with Gasteiger partial charge in [0.05, 0.1) is 24.3 Å². The quantitative estimate of drug-likeness (QED) is 0.235. The van der Waals surface area contributed by atoms with Crippen molar-refractivity contribution in [2.45, 2.75) is 18.9 Å². The number of aromatic nitrogens is 1. The lowest BCUT2D eigenvalue weighted by Crippen LogP contribution is -2.17. The summed E-state index contributed by atoms with van der Waals surface area (Å²) in [6.07, 6.45) is 1.16. The zero-order chi connectivity index (χ0) is 25.6. The van der Waals surface area contributed by atoms with Crippen molar-refractivity contribution in [1.82, 2.24) is 4.57 Å². The normalized spacial score (nSPS) is 11.1. The van der Waals surface area contributed by atoms with E-state index < -0.39 is 0 Å². The molecule has 4 nitrogen and oxygen atoms in total. The molecule has 0 aliphatic heterocycles. The van der Waals surface area contributed by atoms with Crippen LogP contribution in [0.4, 0.5) is 0 Å². The Kier molecular flexibility index (Phi) is 7.56. The van der Waals surface area contributed by atoms with Gasteiger partial charge < -0.3 is 14.4 Å². The first kappa shape index (κ1) is 24.6. The van der Waals surface area contributed by atoms with Crippen molar-refractivity contribution in [2.75, 3.05) is 13.2 Å². The van der Waals surface area contributed by atoms with E-state index in [2.05, 4.69) is 65.2 Å². The smallest absolute Gasteiger partial charge is 0.119 e. The van der Waals surface area contributed by atoms with Crippen LogP contribution in [0.2, 0.25) is 5.02 Å². The highest BCUT2D eigenvalue weighted by molar-refractivity contribution is 6.31. The molecular weight excluding hydrogens is 480 g/mol. The molecule has 1 aromatic heterocycles. The summed E-state index contributed by atoms with van der Waals surface area (Å²) in [6.45, 7) is 0.487. The Labute approximate surface area is 221 Å². The monoisotopic (exact) mass is 506 g/mol. The minimum absolute atomic E-state index is 0.0316. The predicted molar refractivity (Wildman–Crippen MR) is 148 cm³/mol. The van der Waals surface area contributed by atoms with Crippen molar-refractivity contribution < 1.29 is 9.84 Å². The van der Waals surface area contributed by atoms with Crippen LogP contribution in [0.1, 0.15) is 34.0 Å². The fourth-order valence-electron chi connectivity index (χ4n) is 5.02. The SMILES string of the molecule is N#Cc1ccc(OCCc2c(CCO)n(C(c3ccccc3)c3ccccc3)c3ccc(Cl)cc23)cc1. The van der Waals surface area contributed by atoms with E-state index in [0.717, 1.165) is 27.9 Å². The lowest BCUT2D eigenvalue weighted by molar-refractivity contribution is 0.294. The van der Waals surface area contributed by atoms with Crippen LogP contribution in [-0.2, 0) is 12.8 Å². The average molecular weight is 507 g/mol. The van der Waals surface area contributed by atoms with Crippen molar-refractivity contribution in [2.24, 2.45) is 0 Å². The number of ether oxygens (including phenoxy) is 1. The highest BCUT2D eigenvalue weighted by atomic mass is 35.5. The van der Waals surface area contributed by atoms with Gasteiger partial charge in [-0.1, -0.05) is 72.3 Å². The summed E-state index contributed by atoms with van der Waals surface area (Å²) < 4.78 is 8.40. The number of nitriles is 1. The van der Waals surface area contributed by atoms with Gasteiger partial charge in [0.25, 0.3) is 0 Å². The van der Waals surface area contributed by atoms with Crippen LogP contribution in [0.25, 0.3) is 10.9 Å². The molecule has 1 heterocycles. The second-order valence-electron chi connectivity index (χ2n) is 8.89. The second kappa shape index (κ2) is 11.3. The third-order valence-corrected chi connectivity index (χ3v) is 6.86. The van der Waals surface area contributed by atoms with Gasteiger partial charge in [-0.25, -0.2) is 0 Å². The number of aliphatic hydroxyl groups excluding tert-OH is 1. The number of nitrogens with zero attached hydrogens (tertiary/aromatic N) is 2. The van der Waals surface area contributed by atoms with Crippen molar-refractivity contribution in [3.8, 4) is 11.8 Å².